The summed E-state index contributed by atoms with van der Waals surface area (Å²) in [6.45, 7) is 9.25. The molecule has 3 amide bonds. The molecule has 0 fully saturated rings. The van der Waals surface area contributed by atoms with E-state index in [1.54, 1.807) is 6.92 Å². The molecule has 0 aliphatic carbocycles. The average molecular weight is 352 g/mol. The molecule has 0 aliphatic rings. The van der Waals surface area contributed by atoms with Crippen LogP contribution in [0.3, 0.4) is 0 Å². The van der Waals surface area contributed by atoms with E-state index in [-0.39, 0.29) is 17.5 Å². The summed E-state index contributed by atoms with van der Waals surface area (Å²) in [6, 6.07) is -1.58. The highest BCUT2D eigenvalue weighted by molar-refractivity contribution is 5.96. The van der Waals surface area contributed by atoms with E-state index in [1.807, 2.05) is 27.7 Å². The summed E-state index contributed by atoms with van der Waals surface area (Å²) < 4.78 is 5.02. The lowest BCUT2D eigenvalue weighted by Gasteiger charge is -2.25. The predicted octanol–water partition coefficient (Wildman–Crippen LogP) is 1.14. The standard InChI is InChI=1S/C17H28N4O4/c1-6-10(4)14(15(18)22)21-16(23)12(7-9(2)3)20-17(24)13-8-25-11(5)19-13/h8-10,12,14H,6-7H2,1-5H3,(H2,18,22)(H,20,24)(H,21,23)/t10-,12-,14-/m0/s1. The van der Waals surface area contributed by atoms with Crippen molar-refractivity contribution in [2.75, 3.05) is 0 Å². The molecule has 0 bridgehead atoms. The van der Waals surface area contributed by atoms with E-state index >= 15 is 0 Å². The zero-order valence-corrected chi connectivity index (χ0v) is 15.5. The Morgan fingerprint density at radius 1 is 1.24 bits per heavy atom. The third-order valence-electron chi connectivity index (χ3n) is 4.00. The molecule has 25 heavy (non-hydrogen) atoms. The van der Waals surface area contributed by atoms with E-state index in [2.05, 4.69) is 15.6 Å². The van der Waals surface area contributed by atoms with E-state index in [4.69, 9.17) is 10.2 Å². The van der Waals surface area contributed by atoms with Crippen LogP contribution in [-0.2, 0) is 9.59 Å². The lowest BCUT2D eigenvalue weighted by atomic mass is 9.97. The van der Waals surface area contributed by atoms with Gasteiger partial charge < -0.3 is 20.8 Å². The minimum absolute atomic E-state index is 0.102. The van der Waals surface area contributed by atoms with Crippen LogP contribution in [0.4, 0.5) is 0 Å². The maximum Gasteiger partial charge on any atom is 0.273 e. The molecule has 1 aromatic heterocycles. The number of carbonyl (C=O) groups is 3. The van der Waals surface area contributed by atoms with Crippen molar-refractivity contribution in [2.24, 2.45) is 17.6 Å². The van der Waals surface area contributed by atoms with E-state index in [9.17, 15) is 14.4 Å². The summed E-state index contributed by atoms with van der Waals surface area (Å²) in [5.74, 6) is -1.12. The van der Waals surface area contributed by atoms with Crippen LogP contribution in [0.15, 0.2) is 10.7 Å². The minimum atomic E-state index is -0.796. The zero-order valence-electron chi connectivity index (χ0n) is 15.5. The molecule has 1 heterocycles. The van der Waals surface area contributed by atoms with Gasteiger partial charge in [-0.3, -0.25) is 14.4 Å². The summed E-state index contributed by atoms with van der Waals surface area (Å²) >= 11 is 0. The maximum absolute atomic E-state index is 12.6. The summed E-state index contributed by atoms with van der Waals surface area (Å²) in [4.78, 5) is 40.4. The van der Waals surface area contributed by atoms with Crippen molar-refractivity contribution < 1.29 is 18.8 Å². The fourth-order valence-corrected chi connectivity index (χ4v) is 2.39. The van der Waals surface area contributed by atoms with E-state index in [1.165, 1.54) is 6.26 Å². The number of aryl methyl sites for hydroxylation is 1. The number of hydrogen-bond donors (Lipinski definition) is 3. The van der Waals surface area contributed by atoms with Gasteiger partial charge in [0.1, 0.15) is 18.3 Å². The SMILES string of the molecule is CC[C@H](C)[C@H](NC(=O)[C@H](CC(C)C)NC(=O)c1coc(C)n1)C(N)=O. The Morgan fingerprint density at radius 3 is 2.32 bits per heavy atom. The highest BCUT2D eigenvalue weighted by Gasteiger charge is 2.29. The number of aromatic nitrogens is 1. The largest absolute Gasteiger partial charge is 0.448 e. The number of amides is 3. The van der Waals surface area contributed by atoms with Crippen molar-refractivity contribution in [3.05, 3.63) is 17.8 Å². The van der Waals surface area contributed by atoms with Crippen molar-refractivity contribution in [3.8, 4) is 0 Å². The van der Waals surface area contributed by atoms with Crippen LogP contribution in [0.25, 0.3) is 0 Å². The normalized spacial score (nSPS) is 14.6. The Bertz CT molecular complexity index is 612. The molecule has 140 valence electrons. The quantitative estimate of drug-likeness (QED) is 0.614. The van der Waals surface area contributed by atoms with Crippen molar-refractivity contribution in [2.45, 2.75) is 59.5 Å². The lowest BCUT2D eigenvalue weighted by molar-refractivity contribution is -0.129. The van der Waals surface area contributed by atoms with Crippen LogP contribution in [0.1, 0.15) is 56.9 Å². The summed E-state index contributed by atoms with van der Waals surface area (Å²) in [7, 11) is 0. The Hall–Kier alpha value is -2.38. The summed E-state index contributed by atoms with van der Waals surface area (Å²) in [6.07, 6.45) is 2.34. The smallest absolute Gasteiger partial charge is 0.273 e. The van der Waals surface area contributed by atoms with Gasteiger partial charge in [-0.25, -0.2) is 4.98 Å². The molecule has 0 radical (unpaired) electrons. The first-order chi connectivity index (χ1) is 11.6. The van der Waals surface area contributed by atoms with Gasteiger partial charge in [0.15, 0.2) is 11.6 Å². The molecular formula is C17H28N4O4. The van der Waals surface area contributed by atoms with Gasteiger partial charge in [0.2, 0.25) is 11.8 Å². The third kappa shape index (κ3) is 6.21. The molecule has 0 saturated carbocycles. The van der Waals surface area contributed by atoms with Gasteiger partial charge in [0.05, 0.1) is 0 Å². The first kappa shape index (κ1) is 20.7. The third-order valence-corrected chi connectivity index (χ3v) is 4.00. The van der Waals surface area contributed by atoms with Crippen LogP contribution in [-0.4, -0.2) is 34.8 Å². The van der Waals surface area contributed by atoms with E-state index in [0.29, 0.717) is 18.7 Å². The monoisotopic (exact) mass is 352 g/mol. The Kier molecular flexibility index (Phi) is 7.60. The second kappa shape index (κ2) is 9.19. The van der Waals surface area contributed by atoms with Crippen LogP contribution < -0.4 is 16.4 Å². The number of oxazole rings is 1. The summed E-state index contributed by atoms with van der Waals surface area (Å²) in [5, 5.41) is 5.32. The topological polar surface area (TPSA) is 127 Å². The van der Waals surface area contributed by atoms with Crippen LogP contribution in [0.5, 0.6) is 0 Å². The van der Waals surface area contributed by atoms with Gasteiger partial charge in [0, 0.05) is 6.92 Å². The van der Waals surface area contributed by atoms with E-state index < -0.39 is 29.8 Å². The number of nitrogens with one attached hydrogen (secondary N) is 2. The van der Waals surface area contributed by atoms with Crippen molar-refractivity contribution in [1.29, 1.82) is 0 Å². The maximum atomic E-state index is 12.6. The molecule has 1 aromatic rings. The Morgan fingerprint density at radius 2 is 1.88 bits per heavy atom. The van der Waals surface area contributed by atoms with Crippen molar-refractivity contribution in [3.63, 3.8) is 0 Å². The molecule has 8 heteroatoms. The van der Waals surface area contributed by atoms with Crippen LogP contribution >= 0.6 is 0 Å². The molecule has 4 N–H and O–H groups in total. The van der Waals surface area contributed by atoms with Gasteiger partial charge >= 0.3 is 0 Å². The molecule has 0 unspecified atom stereocenters. The van der Waals surface area contributed by atoms with Crippen molar-refractivity contribution >= 4 is 17.7 Å². The molecule has 0 saturated heterocycles. The Balaban J connectivity index is 2.87. The van der Waals surface area contributed by atoms with Gasteiger partial charge in [-0.05, 0) is 18.3 Å². The number of primary amides is 1. The lowest BCUT2D eigenvalue weighted by Crippen LogP contribution is -2.55. The number of nitrogens with zero attached hydrogens (tertiary/aromatic N) is 1. The molecule has 3 atom stereocenters. The molecule has 0 spiro atoms. The number of nitrogens with two attached hydrogens (primary N) is 1. The molecular weight excluding hydrogens is 324 g/mol. The Labute approximate surface area is 147 Å². The first-order valence-electron chi connectivity index (χ1n) is 8.48. The number of hydrogen-bond acceptors (Lipinski definition) is 5. The number of rotatable bonds is 9. The molecule has 0 aliphatic heterocycles. The average Bonchev–Trinajstić information content (AvgIpc) is 2.96. The molecule has 0 aromatic carbocycles. The second-order valence-corrected chi connectivity index (χ2v) is 6.68. The van der Waals surface area contributed by atoms with Gasteiger partial charge in [-0.2, -0.15) is 0 Å². The van der Waals surface area contributed by atoms with Gasteiger partial charge in [-0.1, -0.05) is 34.1 Å². The fourth-order valence-electron chi connectivity index (χ4n) is 2.39. The fraction of sp³-hybridized carbons (Fsp3) is 0.647. The highest BCUT2D eigenvalue weighted by atomic mass is 16.3. The zero-order chi connectivity index (χ0) is 19.1. The van der Waals surface area contributed by atoms with Crippen LogP contribution in [0, 0.1) is 18.8 Å². The predicted molar refractivity (Wildman–Crippen MR) is 92.5 cm³/mol. The number of carbonyl (C=O) groups excluding carboxylic acids is 3. The molecule has 1 rings (SSSR count). The highest BCUT2D eigenvalue weighted by Crippen LogP contribution is 2.11. The van der Waals surface area contributed by atoms with E-state index in [0.717, 1.165) is 0 Å². The summed E-state index contributed by atoms with van der Waals surface area (Å²) in [5.41, 5.74) is 5.50. The van der Waals surface area contributed by atoms with Crippen molar-refractivity contribution in [1.82, 2.24) is 15.6 Å². The van der Waals surface area contributed by atoms with Crippen LogP contribution in [0.2, 0.25) is 0 Å². The van der Waals surface area contributed by atoms with Gasteiger partial charge in [-0.15, -0.1) is 0 Å². The minimum Gasteiger partial charge on any atom is -0.448 e. The second-order valence-electron chi connectivity index (χ2n) is 6.68. The first-order valence-corrected chi connectivity index (χ1v) is 8.48. The molecule has 8 nitrogen and oxygen atoms in total. The van der Waals surface area contributed by atoms with Gasteiger partial charge in [0.25, 0.3) is 5.91 Å².